The number of amides is 1. The highest BCUT2D eigenvalue weighted by molar-refractivity contribution is 14.1. The second kappa shape index (κ2) is 9.63. The monoisotopic (exact) mass is 502 g/mol. The summed E-state index contributed by atoms with van der Waals surface area (Å²) in [7, 11) is 0. The van der Waals surface area contributed by atoms with E-state index in [0.29, 0.717) is 18.1 Å². The Morgan fingerprint density at radius 1 is 1.25 bits per heavy atom. The second-order valence-electron chi connectivity index (χ2n) is 4.65. The normalized spacial score (nSPS) is 10.6. The first kappa shape index (κ1) is 18.7. The molecular formula is C17H16BrIN2O3. The van der Waals surface area contributed by atoms with Gasteiger partial charge in [-0.2, -0.15) is 5.10 Å². The van der Waals surface area contributed by atoms with Crippen molar-refractivity contribution < 1.29 is 14.3 Å². The van der Waals surface area contributed by atoms with E-state index in [-0.39, 0.29) is 12.5 Å². The zero-order valence-corrected chi connectivity index (χ0v) is 16.7. The van der Waals surface area contributed by atoms with Crippen molar-refractivity contribution in [3.8, 4) is 11.5 Å². The smallest absolute Gasteiger partial charge is 0.277 e. The molecule has 0 saturated heterocycles. The molecule has 0 heterocycles. The highest BCUT2D eigenvalue weighted by atomic mass is 127. The van der Waals surface area contributed by atoms with E-state index in [2.05, 4.69) is 49.0 Å². The Kier molecular flexibility index (Phi) is 7.51. The molecule has 0 spiro atoms. The third kappa shape index (κ3) is 6.12. The van der Waals surface area contributed by atoms with Crippen molar-refractivity contribution in [1.82, 2.24) is 5.43 Å². The Hall–Kier alpha value is -1.61. The van der Waals surface area contributed by atoms with Crippen molar-refractivity contribution in [1.29, 1.82) is 0 Å². The van der Waals surface area contributed by atoms with Crippen molar-refractivity contribution >= 4 is 50.6 Å². The largest absolute Gasteiger partial charge is 0.493 e. The van der Waals surface area contributed by atoms with Crippen LogP contribution in [0.4, 0.5) is 0 Å². The minimum atomic E-state index is -0.335. The zero-order valence-electron chi connectivity index (χ0n) is 13.0. The van der Waals surface area contributed by atoms with Gasteiger partial charge in [0.25, 0.3) is 5.91 Å². The van der Waals surface area contributed by atoms with Gasteiger partial charge < -0.3 is 9.47 Å². The number of hydrogen-bond donors (Lipinski definition) is 1. The second-order valence-corrected chi connectivity index (χ2v) is 6.81. The highest BCUT2D eigenvalue weighted by Crippen LogP contribution is 2.21. The average molecular weight is 503 g/mol. The van der Waals surface area contributed by atoms with E-state index in [9.17, 15) is 4.79 Å². The Morgan fingerprint density at radius 3 is 2.71 bits per heavy atom. The van der Waals surface area contributed by atoms with E-state index in [4.69, 9.17) is 9.47 Å². The first-order chi connectivity index (χ1) is 11.6. The summed E-state index contributed by atoms with van der Waals surface area (Å²) in [6.07, 6.45) is 1.54. The van der Waals surface area contributed by atoms with Crippen LogP contribution in [0.2, 0.25) is 0 Å². The molecule has 1 amide bonds. The number of rotatable bonds is 7. The number of carbonyl (C=O) groups excluding carboxylic acids is 1. The summed E-state index contributed by atoms with van der Waals surface area (Å²) >= 11 is 5.60. The van der Waals surface area contributed by atoms with Crippen molar-refractivity contribution in [2.24, 2.45) is 5.10 Å². The summed E-state index contributed by atoms with van der Waals surface area (Å²) in [5, 5.41) is 3.95. The maximum absolute atomic E-state index is 11.8. The van der Waals surface area contributed by atoms with E-state index in [1.165, 1.54) is 0 Å². The molecule has 0 aliphatic rings. The minimum Gasteiger partial charge on any atom is -0.493 e. The first-order valence-electron chi connectivity index (χ1n) is 7.21. The number of hydrogen-bond acceptors (Lipinski definition) is 4. The molecule has 1 N–H and O–H groups in total. The lowest BCUT2D eigenvalue weighted by molar-refractivity contribution is -0.123. The predicted octanol–water partition coefficient (Wildman–Crippen LogP) is 3.98. The van der Waals surface area contributed by atoms with E-state index >= 15 is 0 Å². The van der Waals surface area contributed by atoms with E-state index < -0.39 is 0 Å². The third-order valence-electron chi connectivity index (χ3n) is 2.85. The molecule has 0 bridgehead atoms. The van der Waals surface area contributed by atoms with Gasteiger partial charge in [-0.3, -0.25) is 4.79 Å². The lowest BCUT2D eigenvalue weighted by Crippen LogP contribution is -2.24. The summed E-state index contributed by atoms with van der Waals surface area (Å²) in [4.78, 5) is 11.8. The molecule has 0 radical (unpaired) electrons. The maximum atomic E-state index is 11.8. The molecule has 0 atom stereocenters. The number of hydrazone groups is 1. The number of benzene rings is 2. The van der Waals surface area contributed by atoms with Gasteiger partial charge in [0, 0.05) is 13.6 Å². The van der Waals surface area contributed by atoms with Gasteiger partial charge in [-0.05, 0) is 72.0 Å². The molecule has 0 aliphatic heterocycles. The molecule has 0 aliphatic carbocycles. The van der Waals surface area contributed by atoms with Crippen LogP contribution in [0.3, 0.4) is 0 Å². The topological polar surface area (TPSA) is 59.9 Å². The van der Waals surface area contributed by atoms with Crippen molar-refractivity contribution in [3.63, 3.8) is 0 Å². The molecule has 7 heteroatoms. The summed E-state index contributed by atoms with van der Waals surface area (Å²) in [5.74, 6) is 1.01. The summed E-state index contributed by atoms with van der Waals surface area (Å²) in [6.45, 7) is 2.36. The predicted molar refractivity (Wildman–Crippen MR) is 106 cm³/mol. The highest BCUT2D eigenvalue weighted by Gasteiger charge is 2.04. The summed E-state index contributed by atoms with van der Waals surface area (Å²) in [6, 6.07) is 13.0. The van der Waals surface area contributed by atoms with Crippen LogP contribution in [0.25, 0.3) is 0 Å². The lowest BCUT2D eigenvalue weighted by Gasteiger charge is -2.07. The fraction of sp³-hybridized carbons (Fsp3) is 0.176. The molecule has 2 aromatic rings. The maximum Gasteiger partial charge on any atom is 0.277 e. The van der Waals surface area contributed by atoms with Crippen LogP contribution < -0.4 is 14.9 Å². The molecule has 0 aromatic heterocycles. The van der Waals surface area contributed by atoms with Gasteiger partial charge in [-0.15, -0.1) is 0 Å². The van der Waals surface area contributed by atoms with Crippen LogP contribution in [0.5, 0.6) is 11.5 Å². The van der Waals surface area contributed by atoms with E-state index in [1.54, 1.807) is 6.21 Å². The van der Waals surface area contributed by atoms with Crippen LogP contribution in [0.1, 0.15) is 12.5 Å². The van der Waals surface area contributed by atoms with Gasteiger partial charge in [-0.1, -0.05) is 15.9 Å². The van der Waals surface area contributed by atoms with E-state index in [1.807, 2.05) is 49.4 Å². The zero-order chi connectivity index (χ0) is 17.4. The van der Waals surface area contributed by atoms with Crippen molar-refractivity contribution in [2.75, 3.05) is 13.2 Å². The molecule has 0 fully saturated rings. The number of nitrogens with zero attached hydrogens (tertiary/aromatic N) is 1. The Bertz CT molecular complexity index is 720. The summed E-state index contributed by atoms with van der Waals surface area (Å²) < 4.78 is 12.9. The van der Waals surface area contributed by atoms with Gasteiger partial charge in [0.2, 0.25) is 0 Å². The number of carbonyl (C=O) groups is 1. The van der Waals surface area contributed by atoms with Crippen molar-refractivity contribution in [3.05, 3.63) is 56.1 Å². The van der Waals surface area contributed by atoms with Crippen LogP contribution in [-0.2, 0) is 4.79 Å². The SMILES string of the molecule is CCOc1ccc(Br)cc1C=NNC(=O)COc1ccc(I)cc1. The van der Waals surface area contributed by atoms with Gasteiger partial charge in [0.1, 0.15) is 11.5 Å². The van der Waals surface area contributed by atoms with Gasteiger partial charge in [0.15, 0.2) is 6.61 Å². The number of nitrogens with one attached hydrogen (secondary N) is 1. The molecule has 0 unspecified atom stereocenters. The van der Waals surface area contributed by atoms with Gasteiger partial charge in [0.05, 0.1) is 12.8 Å². The molecule has 24 heavy (non-hydrogen) atoms. The van der Waals surface area contributed by atoms with Crippen LogP contribution in [0, 0.1) is 3.57 Å². The van der Waals surface area contributed by atoms with Crippen LogP contribution in [0.15, 0.2) is 52.0 Å². The molecule has 126 valence electrons. The fourth-order valence-electron chi connectivity index (χ4n) is 1.79. The molecular weight excluding hydrogens is 487 g/mol. The van der Waals surface area contributed by atoms with Crippen molar-refractivity contribution in [2.45, 2.75) is 6.92 Å². The Labute approximate surface area is 162 Å². The standard InChI is InChI=1S/C17H16BrIN2O3/c1-2-23-16-8-3-13(18)9-12(16)10-20-21-17(22)11-24-15-6-4-14(19)5-7-15/h3-10H,2,11H2,1H3,(H,21,22). The van der Waals surface area contributed by atoms with Crippen LogP contribution in [-0.4, -0.2) is 25.3 Å². The molecule has 2 aromatic carbocycles. The molecule has 5 nitrogen and oxygen atoms in total. The minimum absolute atomic E-state index is 0.102. The van der Waals surface area contributed by atoms with Gasteiger partial charge >= 0.3 is 0 Å². The third-order valence-corrected chi connectivity index (χ3v) is 4.06. The fourth-order valence-corrected chi connectivity index (χ4v) is 2.53. The lowest BCUT2D eigenvalue weighted by atomic mass is 10.2. The Morgan fingerprint density at radius 2 is 2.00 bits per heavy atom. The molecule has 0 saturated carbocycles. The summed E-state index contributed by atoms with van der Waals surface area (Å²) in [5.41, 5.74) is 3.20. The quantitative estimate of drug-likeness (QED) is 0.354. The molecule has 2 rings (SSSR count). The number of halogens is 2. The Balaban J connectivity index is 1.88. The van der Waals surface area contributed by atoms with Crippen LogP contribution >= 0.6 is 38.5 Å². The number of ether oxygens (including phenoxy) is 2. The first-order valence-corrected chi connectivity index (χ1v) is 9.08. The average Bonchev–Trinajstić information content (AvgIpc) is 2.57. The van der Waals surface area contributed by atoms with Gasteiger partial charge in [-0.25, -0.2) is 5.43 Å². The van der Waals surface area contributed by atoms with E-state index in [0.717, 1.165) is 13.6 Å².